The molecule has 410 valence electrons. The molecule has 0 saturated carbocycles. The van der Waals surface area contributed by atoms with Gasteiger partial charge in [0.05, 0.1) is 0 Å². The van der Waals surface area contributed by atoms with Crippen molar-refractivity contribution in [3.63, 3.8) is 0 Å². The fraction of sp³-hybridized carbons (Fsp3) is 0.106. The molecule has 0 nitrogen and oxygen atoms in total. The van der Waals surface area contributed by atoms with Crippen LogP contribution in [0.1, 0.15) is 59.1 Å². The second kappa shape index (κ2) is 23.0. The van der Waals surface area contributed by atoms with Crippen LogP contribution in [-0.2, 0) is 0 Å². The van der Waals surface area contributed by atoms with E-state index in [1.807, 2.05) is 27.7 Å². The van der Waals surface area contributed by atoms with Gasteiger partial charge >= 0.3 is 0 Å². The third-order valence-corrected chi connectivity index (χ3v) is 17.1. The average molecular weight is 1090 g/mol. The summed E-state index contributed by atoms with van der Waals surface area (Å²) in [5.74, 6) is 0. The minimum atomic E-state index is 1.21. The van der Waals surface area contributed by atoms with Crippen LogP contribution >= 0.6 is 0 Å². The average Bonchev–Trinajstić information content (AvgIpc) is 2.28. The lowest BCUT2D eigenvalue weighted by molar-refractivity contribution is 1.09. The molecule has 0 aliphatic heterocycles. The van der Waals surface area contributed by atoms with Gasteiger partial charge in [-0.3, -0.25) is 0 Å². The van der Waals surface area contributed by atoms with E-state index >= 15 is 0 Å². The molecule has 16 rings (SSSR count). The lowest BCUT2D eigenvalue weighted by Gasteiger charge is -2.22. The summed E-state index contributed by atoms with van der Waals surface area (Å²) in [6, 6.07) is 100. The van der Waals surface area contributed by atoms with Gasteiger partial charge in [0, 0.05) is 0 Å². The van der Waals surface area contributed by atoms with E-state index in [-0.39, 0.29) is 0 Å². The monoisotopic (exact) mass is 1090 g/mol. The first-order valence-corrected chi connectivity index (χ1v) is 30.7. The van der Waals surface area contributed by atoms with Gasteiger partial charge in [-0.15, -0.1) is 0 Å². The zero-order valence-electron chi connectivity index (χ0n) is 50.1. The molecule has 0 atom stereocenters. The lowest BCUT2D eigenvalue weighted by Crippen LogP contribution is -1.95. The van der Waals surface area contributed by atoms with E-state index < -0.39 is 0 Å². The van der Waals surface area contributed by atoms with Gasteiger partial charge in [-0.1, -0.05) is 326 Å². The number of aryl methyl sites for hydroxylation is 2. The second-order valence-corrected chi connectivity index (χ2v) is 22.1. The minimum Gasteiger partial charge on any atom is -0.0683 e. The fourth-order valence-corrected chi connectivity index (χ4v) is 13.8. The number of fused-ring (bicyclic) bond motifs is 8. The maximum atomic E-state index is 2.45. The normalized spacial score (nSPS) is 11.3. The Morgan fingerprint density at radius 3 is 0.812 bits per heavy atom. The van der Waals surface area contributed by atoms with Crippen LogP contribution in [0.3, 0.4) is 0 Å². The van der Waals surface area contributed by atoms with Crippen LogP contribution in [-0.4, -0.2) is 0 Å². The van der Waals surface area contributed by atoms with Crippen LogP contribution in [0.5, 0.6) is 0 Å². The number of hydrogen-bond donors (Lipinski definition) is 0. The van der Waals surface area contributed by atoms with Crippen molar-refractivity contribution in [2.24, 2.45) is 0 Å². The second-order valence-electron chi connectivity index (χ2n) is 22.1. The fourth-order valence-electron chi connectivity index (χ4n) is 13.8. The Balaban J connectivity index is 0.000000924. The predicted molar refractivity (Wildman–Crippen MR) is 372 cm³/mol. The van der Waals surface area contributed by atoms with E-state index in [9.17, 15) is 0 Å². The zero-order valence-corrected chi connectivity index (χ0v) is 50.1. The molecule has 0 spiro atoms. The highest BCUT2D eigenvalue weighted by Gasteiger charge is 2.35. The molecule has 0 heteroatoms. The van der Waals surface area contributed by atoms with Crippen LogP contribution in [0.25, 0.3) is 165 Å². The van der Waals surface area contributed by atoms with Gasteiger partial charge in [-0.25, -0.2) is 0 Å². The third-order valence-electron chi connectivity index (χ3n) is 17.1. The molecule has 2 aliphatic carbocycles. The molecule has 85 heavy (non-hydrogen) atoms. The Morgan fingerprint density at radius 2 is 0.447 bits per heavy atom. The third kappa shape index (κ3) is 8.90. The van der Waals surface area contributed by atoms with Gasteiger partial charge in [-0.05, 0) is 179 Å². The molecule has 0 bridgehead atoms. The summed E-state index contributed by atoms with van der Waals surface area (Å²) in [6.07, 6.45) is 1.25. The molecule has 0 heterocycles. The van der Waals surface area contributed by atoms with E-state index in [1.165, 1.54) is 183 Å². The summed E-state index contributed by atoms with van der Waals surface area (Å²) in [5.41, 5.74) is 30.3. The summed E-state index contributed by atoms with van der Waals surface area (Å²) in [6.45, 7) is 16.6. The summed E-state index contributed by atoms with van der Waals surface area (Å²) in [4.78, 5) is 0. The Kier molecular flexibility index (Phi) is 14.7. The Morgan fingerprint density at radius 1 is 0.188 bits per heavy atom. The van der Waals surface area contributed by atoms with Crippen LogP contribution < -0.4 is 0 Å². The number of rotatable bonds is 7. The van der Waals surface area contributed by atoms with Gasteiger partial charge in [-0.2, -0.15) is 0 Å². The lowest BCUT2D eigenvalue weighted by atomic mass is 9.81. The van der Waals surface area contributed by atoms with Gasteiger partial charge in [0.15, 0.2) is 0 Å². The molecule has 14 aromatic carbocycles. The van der Waals surface area contributed by atoms with Crippen LogP contribution in [0.2, 0.25) is 0 Å². The van der Waals surface area contributed by atoms with Crippen molar-refractivity contribution in [3.05, 3.63) is 278 Å². The highest BCUT2D eigenvalue weighted by molar-refractivity contribution is 6.32. The molecule has 0 fully saturated rings. The number of benzene rings is 14. The van der Waals surface area contributed by atoms with Gasteiger partial charge in [0.2, 0.25) is 0 Å². The number of hydrogen-bond acceptors (Lipinski definition) is 0. The van der Waals surface area contributed by atoms with E-state index in [2.05, 4.69) is 295 Å². The van der Waals surface area contributed by atoms with Crippen molar-refractivity contribution in [3.8, 4) is 122 Å². The summed E-state index contributed by atoms with van der Waals surface area (Å²) >= 11 is 0. The largest absolute Gasteiger partial charge is 0.0683 e. The molecule has 2 aliphatic rings. The first-order chi connectivity index (χ1) is 42.0. The molecule has 14 aromatic rings. The standard InChI is InChI=1S/C78H50.C3H8.2C2H6/c1-47-35-39-51(40-36-47)69-61-27-13-15-29-63(61)73(57-25-11-9-23-53(57)49-19-5-3-6-20-49)77-67-45-43-55(59-31-17-33-65(71(59)67)75(69)77)56-44-46-68-72-60(56)32-18-34-66(72)76-70(52-41-37-48(2)38-42-52)62-28-14-16-30-64(62)74(78(68)76)58-26-12-10-24-54(58)50-21-7-4-8-22-50;1-3-2;2*1-2/h3-46H,1-2H3;3H2,1-2H3;2*1-2H3. The molecule has 0 N–H and O–H groups in total. The van der Waals surface area contributed by atoms with Gasteiger partial charge < -0.3 is 0 Å². The van der Waals surface area contributed by atoms with Crippen molar-refractivity contribution in [2.45, 2.75) is 61.8 Å². The molecule has 0 saturated heterocycles. The van der Waals surface area contributed by atoms with Crippen molar-refractivity contribution < 1.29 is 0 Å². The van der Waals surface area contributed by atoms with Crippen molar-refractivity contribution in [1.29, 1.82) is 0 Å². The Hall–Kier alpha value is -9.88. The van der Waals surface area contributed by atoms with Crippen molar-refractivity contribution in [2.75, 3.05) is 0 Å². The smallest absolute Gasteiger partial charge is 0.000719 e. The van der Waals surface area contributed by atoms with E-state index in [0.717, 1.165) is 0 Å². The summed E-state index contributed by atoms with van der Waals surface area (Å²) in [5, 5.41) is 10.2. The van der Waals surface area contributed by atoms with Crippen molar-refractivity contribution >= 4 is 43.1 Å². The molecule has 0 amide bonds. The van der Waals surface area contributed by atoms with E-state index in [4.69, 9.17) is 0 Å². The quantitative estimate of drug-likeness (QED) is 0.149. The van der Waals surface area contributed by atoms with Gasteiger partial charge in [0.1, 0.15) is 0 Å². The summed E-state index contributed by atoms with van der Waals surface area (Å²) in [7, 11) is 0. The maximum absolute atomic E-state index is 2.45. The highest BCUT2D eigenvalue weighted by atomic mass is 14.4. The van der Waals surface area contributed by atoms with Crippen LogP contribution in [0.4, 0.5) is 0 Å². The van der Waals surface area contributed by atoms with Gasteiger partial charge in [0.25, 0.3) is 0 Å². The Bertz CT molecular complexity index is 4520. The topological polar surface area (TPSA) is 0 Å². The first kappa shape index (κ1) is 54.4. The SMILES string of the molecule is CC.CC.CCC.Cc1ccc(-c2c3c(c(-c4ccccc4-c4ccccc4)c4ccccc24)-c2ccc(-c4ccc5c6c(cccc46)-c4c-5c(-c5ccccc5-c5ccccc5)c5ccccc5c4-c4ccc(C)cc4)c4cccc-3c24)cc1. The molecule has 0 radical (unpaired) electrons. The van der Waals surface area contributed by atoms with E-state index in [1.54, 1.807) is 0 Å². The highest BCUT2D eigenvalue weighted by Crippen LogP contribution is 2.62. The maximum Gasteiger partial charge on any atom is -0.000719 e. The Labute approximate surface area is 502 Å². The minimum absolute atomic E-state index is 1.21. The molecule has 0 unspecified atom stereocenters. The zero-order chi connectivity index (χ0) is 58.3. The summed E-state index contributed by atoms with van der Waals surface area (Å²) < 4.78 is 0. The first-order valence-electron chi connectivity index (χ1n) is 30.7. The van der Waals surface area contributed by atoms with Crippen LogP contribution in [0, 0.1) is 13.8 Å². The van der Waals surface area contributed by atoms with Crippen LogP contribution in [0.15, 0.2) is 267 Å². The predicted octanol–water partition coefficient (Wildman–Crippen LogP) is 25.3. The molecular formula is C85H70. The van der Waals surface area contributed by atoms with E-state index in [0.29, 0.717) is 0 Å². The molecule has 0 aromatic heterocycles. The molecular weight excluding hydrogens is 1020 g/mol. The van der Waals surface area contributed by atoms with Crippen molar-refractivity contribution in [1.82, 2.24) is 0 Å².